The van der Waals surface area contributed by atoms with Crippen LogP contribution in [0.1, 0.15) is 16.7 Å². The molecule has 0 atom stereocenters. The quantitative estimate of drug-likeness (QED) is 0.340. The van der Waals surface area contributed by atoms with Gasteiger partial charge in [-0.05, 0) is 66.1 Å². The molecule has 0 saturated carbocycles. The van der Waals surface area contributed by atoms with Gasteiger partial charge >= 0.3 is 6.18 Å². The topological polar surface area (TPSA) is 18.5 Å². The second-order valence-corrected chi connectivity index (χ2v) is 7.99. The Kier molecular flexibility index (Phi) is 7.69. The summed E-state index contributed by atoms with van der Waals surface area (Å²) in [6, 6.07) is 20.7. The molecule has 0 spiro atoms. The summed E-state index contributed by atoms with van der Waals surface area (Å²) in [6.45, 7) is 2.28. The molecule has 0 aliphatic rings. The van der Waals surface area contributed by atoms with Crippen molar-refractivity contribution in [2.75, 3.05) is 19.5 Å². The zero-order valence-electron chi connectivity index (χ0n) is 17.3. The molecule has 0 bridgehead atoms. The predicted molar refractivity (Wildman–Crippen MR) is 120 cm³/mol. The van der Waals surface area contributed by atoms with E-state index < -0.39 is 11.7 Å². The van der Waals surface area contributed by atoms with Crippen molar-refractivity contribution in [2.45, 2.75) is 18.0 Å². The minimum absolute atomic E-state index is 0.280. The average molecular weight is 445 g/mol. The number of hydrogen-bond acceptors (Lipinski definition) is 3. The van der Waals surface area contributed by atoms with Gasteiger partial charge in [0.1, 0.15) is 18.1 Å². The van der Waals surface area contributed by atoms with Crippen LogP contribution in [0.5, 0.6) is 11.5 Å². The summed E-state index contributed by atoms with van der Waals surface area (Å²) in [6.07, 6.45) is -2.31. The molecule has 6 heteroatoms. The molecule has 0 aliphatic heterocycles. The van der Waals surface area contributed by atoms with E-state index >= 15 is 0 Å². The maximum atomic E-state index is 12.8. The van der Waals surface area contributed by atoms with E-state index in [0.29, 0.717) is 11.5 Å². The van der Waals surface area contributed by atoms with Crippen LogP contribution < -0.4 is 9.47 Å². The van der Waals surface area contributed by atoms with Crippen LogP contribution in [0.15, 0.2) is 83.3 Å². The van der Waals surface area contributed by atoms with Crippen LogP contribution >= 0.6 is 11.8 Å². The summed E-state index contributed by atoms with van der Waals surface area (Å²) in [5.41, 5.74) is 2.43. The lowest BCUT2D eigenvalue weighted by molar-refractivity contribution is -0.137. The predicted octanol–water partition coefficient (Wildman–Crippen LogP) is 7.28. The summed E-state index contributed by atoms with van der Waals surface area (Å²) in [5, 5.41) is 0. The molecule has 0 N–H and O–H groups in total. The first-order chi connectivity index (χ1) is 14.8. The van der Waals surface area contributed by atoms with Crippen molar-refractivity contribution >= 4 is 17.8 Å². The smallest absolute Gasteiger partial charge is 0.416 e. The highest BCUT2D eigenvalue weighted by Crippen LogP contribution is 2.31. The Hall–Kier alpha value is -2.86. The van der Waals surface area contributed by atoms with Crippen LogP contribution in [0.25, 0.3) is 6.08 Å². The van der Waals surface area contributed by atoms with E-state index in [1.165, 1.54) is 12.1 Å². The van der Waals surface area contributed by atoms with Crippen molar-refractivity contribution in [1.29, 1.82) is 0 Å². The number of methoxy groups -OCH3 is 1. The highest BCUT2D eigenvalue weighted by atomic mass is 32.2. The van der Waals surface area contributed by atoms with Crippen molar-refractivity contribution in [1.82, 2.24) is 0 Å². The van der Waals surface area contributed by atoms with Gasteiger partial charge in [0, 0.05) is 10.6 Å². The van der Waals surface area contributed by atoms with Gasteiger partial charge < -0.3 is 9.47 Å². The summed E-state index contributed by atoms with van der Waals surface area (Å²) in [5.74, 6) is 1.92. The van der Waals surface area contributed by atoms with E-state index in [-0.39, 0.29) is 6.61 Å². The Morgan fingerprint density at radius 2 is 1.68 bits per heavy atom. The number of hydrogen-bond donors (Lipinski definition) is 0. The van der Waals surface area contributed by atoms with E-state index in [1.54, 1.807) is 18.9 Å². The molecular formula is C25H23F3O2S. The minimum Gasteiger partial charge on any atom is -0.496 e. The van der Waals surface area contributed by atoms with Gasteiger partial charge in [-0.3, -0.25) is 0 Å². The van der Waals surface area contributed by atoms with E-state index in [1.807, 2.05) is 55.5 Å². The lowest BCUT2D eigenvalue weighted by Gasteiger charge is -2.13. The van der Waals surface area contributed by atoms with Crippen LogP contribution in [0.4, 0.5) is 13.2 Å². The number of thioether (sulfide) groups is 1. The maximum Gasteiger partial charge on any atom is 0.416 e. The van der Waals surface area contributed by atoms with E-state index in [2.05, 4.69) is 6.07 Å². The summed E-state index contributed by atoms with van der Waals surface area (Å²) >= 11 is 1.67. The third kappa shape index (κ3) is 6.82. The van der Waals surface area contributed by atoms with Gasteiger partial charge in [0.05, 0.1) is 12.7 Å². The van der Waals surface area contributed by atoms with Crippen LogP contribution in [-0.2, 0) is 6.18 Å². The zero-order valence-corrected chi connectivity index (χ0v) is 18.1. The molecule has 162 valence electrons. The molecule has 0 radical (unpaired) electrons. The first-order valence-corrected chi connectivity index (χ1v) is 10.7. The molecule has 2 nitrogen and oxygen atoms in total. The molecule has 0 fully saturated rings. The van der Waals surface area contributed by atoms with Gasteiger partial charge in [0.15, 0.2) is 0 Å². The fourth-order valence-electron chi connectivity index (χ4n) is 2.94. The lowest BCUT2D eigenvalue weighted by atomic mass is 10.1. The molecular weight excluding hydrogens is 421 g/mol. The molecule has 0 heterocycles. The van der Waals surface area contributed by atoms with Crippen molar-refractivity contribution in [3.8, 4) is 11.5 Å². The Morgan fingerprint density at radius 1 is 0.968 bits per heavy atom. The standard InChI is InChI=1S/C25H23F3O2S/c1-18-14-23(12-13-24(18)29-2)31-17-20(15-19-6-4-3-5-7-19)16-30-22-10-8-21(9-11-22)25(26,27)28/h3-15H,16-17H2,1-2H3. The van der Waals surface area contributed by atoms with Crippen molar-refractivity contribution in [3.63, 3.8) is 0 Å². The first kappa shape index (κ1) is 22.8. The van der Waals surface area contributed by atoms with Crippen molar-refractivity contribution in [3.05, 3.63) is 95.1 Å². The molecule has 3 aromatic carbocycles. The molecule has 0 saturated heterocycles. The van der Waals surface area contributed by atoms with Crippen molar-refractivity contribution < 1.29 is 22.6 Å². The monoisotopic (exact) mass is 444 g/mol. The molecule has 31 heavy (non-hydrogen) atoms. The third-order valence-electron chi connectivity index (χ3n) is 4.57. The normalized spacial score (nSPS) is 12.0. The van der Waals surface area contributed by atoms with E-state index in [9.17, 15) is 13.2 Å². The Morgan fingerprint density at radius 3 is 2.29 bits per heavy atom. The SMILES string of the molecule is COc1ccc(SCC(=Cc2ccccc2)COc2ccc(C(F)(F)F)cc2)cc1C. The van der Waals surface area contributed by atoms with Crippen LogP contribution in [-0.4, -0.2) is 19.5 Å². The fourth-order valence-corrected chi connectivity index (χ4v) is 3.89. The van der Waals surface area contributed by atoms with Gasteiger partial charge in [0.2, 0.25) is 0 Å². The third-order valence-corrected chi connectivity index (χ3v) is 5.67. The highest BCUT2D eigenvalue weighted by molar-refractivity contribution is 7.99. The number of ether oxygens (including phenoxy) is 2. The first-order valence-electron chi connectivity index (χ1n) is 9.67. The molecule has 3 aromatic rings. The number of rotatable bonds is 8. The molecule has 0 aromatic heterocycles. The van der Waals surface area contributed by atoms with Gasteiger partial charge in [-0.1, -0.05) is 36.4 Å². The van der Waals surface area contributed by atoms with Gasteiger partial charge in [-0.15, -0.1) is 11.8 Å². The lowest BCUT2D eigenvalue weighted by Crippen LogP contribution is -2.06. The summed E-state index contributed by atoms with van der Waals surface area (Å²) in [7, 11) is 1.65. The van der Waals surface area contributed by atoms with Gasteiger partial charge in [-0.25, -0.2) is 0 Å². The average Bonchev–Trinajstić information content (AvgIpc) is 2.76. The molecule has 0 unspecified atom stereocenters. The van der Waals surface area contributed by atoms with Crippen LogP contribution in [0, 0.1) is 6.92 Å². The Bertz CT molecular complexity index is 1010. The van der Waals surface area contributed by atoms with E-state index in [4.69, 9.17) is 9.47 Å². The molecule has 0 amide bonds. The number of halogens is 3. The molecule has 3 rings (SSSR count). The number of benzene rings is 3. The Labute approximate surface area is 184 Å². The minimum atomic E-state index is -4.36. The largest absolute Gasteiger partial charge is 0.496 e. The van der Waals surface area contributed by atoms with Gasteiger partial charge in [0.25, 0.3) is 0 Å². The maximum absolute atomic E-state index is 12.8. The second-order valence-electron chi connectivity index (χ2n) is 6.94. The summed E-state index contributed by atoms with van der Waals surface area (Å²) in [4.78, 5) is 1.10. The van der Waals surface area contributed by atoms with E-state index in [0.717, 1.165) is 39.5 Å². The number of aryl methyl sites for hydroxylation is 1. The van der Waals surface area contributed by atoms with Crippen molar-refractivity contribution in [2.24, 2.45) is 0 Å². The molecule has 0 aliphatic carbocycles. The van der Waals surface area contributed by atoms with Crippen LogP contribution in [0.2, 0.25) is 0 Å². The Balaban J connectivity index is 1.71. The highest BCUT2D eigenvalue weighted by Gasteiger charge is 2.30. The number of alkyl halides is 3. The fraction of sp³-hybridized carbons (Fsp3) is 0.200. The summed E-state index contributed by atoms with van der Waals surface area (Å²) < 4.78 is 49.4. The van der Waals surface area contributed by atoms with Crippen LogP contribution in [0.3, 0.4) is 0 Å². The van der Waals surface area contributed by atoms with Gasteiger partial charge in [-0.2, -0.15) is 13.2 Å². The zero-order chi connectivity index (χ0) is 22.3. The second kappa shape index (κ2) is 10.4.